The SMILES string of the molecule is CC(OC(=O)c1ccc2c(=O)n3c(nc2c1)CCCCCC3)C(=O)Nc1ccccc1[N+](=O)[O-]. The van der Waals surface area contributed by atoms with Crippen LogP contribution >= 0.6 is 0 Å². The van der Waals surface area contributed by atoms with Crippen LogP contribution in [0, 0.1) is 10.1 Å². The highest BCUT2D eigenvalue weighted by Crippen LogP contribution is 2.23. The van der Waals surface area contributed by atoms with Crippen molar-refractivity contribution in [1.82, 2.24) is 9.55 Å². The number of hydrogen-bond donors (Lipinski definition) is 1. The number of anilines is 1. The lowest BCUT2D eigenvalue weighted by molar-refractivity contribution is -0.383. The molecule has 34 heavy (non-hydrogen) atoms. The highest BCUT2D eigenvalue weighted by Gasteiger charge is 2.23. The van der Waals surface area contributed by atoms with Crippen LogP contribution in [0.15, 0.2) is 47.3 Å². The minimum Gasteiger partial charge on any atom is -0.449 e. The van der Waals surface area contributed by atoms with E-state index in [0.29, 0.717) is 29.7 Å². The second-order valence-corrected chi connectivity index (χ2v) is 8.19. The van der Waals surface area contributed by atoms with Gasteiger partial charge in [0.2, 0.25) is 0 Å². The number of hydrogen-bond acceptors (Lipinski definition) is 7. The Bertz CT molecular complexity index is 1330. The van der Waals surface area contributed by atoms with Crippen molar-refractivity contribution in [2.75, 3.05) is 5.32 Å². The topological polar surface area (TPSA) is 133 Å². The molecule has 4 rings (SSSR count). The standard InChI is InChI=1S/C24H24N4O6/c1-15(22(29)26-18-8-5-6-9-20(18)28(32)33)34-24(31)16-11-12-17-19(14-16)25-21-10-4-2-3-7-13-27(21)23(17)30/h5-6,8-9,11-12,14-15H,2-4,7,10,13H2,1H3,(H,26,29). The van der Waals surface area contributed by atoms with Gasteiger partial charge in [0.15, 0.2) is 6.10 Å². The van der Waals surface area contributed by atoms with Gasteiger partial charge in [-0.25, -0.2) is 9.78 Å². The molecule has 0 fully saturated rings. The van der Waals surface area contributed by atoms with E-state index in [1.807, 2.05) is 0 Å². The van der Waals surface area contributed by atoms with Crippen LogP contribution in [0.2, 0.25) is 0 Å². The van der Waals surface area contributed by atoms with Crippen LogP contribution in [-0.2, 0) is 22.5 Å². The molecule has 0 spiro atoms. The van der Waals surface area contributed by atoms with E-state index in [-0.39, 0.29) is 22.5 Å². The zero-order valence-corrected chi connectivity index (χ0v) is 18.7. The van der Waals surface area contributed by atoms with Crippen LogP contribution in [0.4, 0.5) is 11.4 Å². The molecule has 1 N–H and O–H groups in total. The second kappa shape index (κ2) is 9.82. The minimum atomic E-state index is -1.21. The zero-order valence-electron chi connectivity index (χ0n) is 18.7. The van der Waals surface area contributed by atoms with E-state index in [0.717, 1.165) is 25.7 Å². The van der Waals surface area contributed by atoms with Gasteiger partial charge in [0.1, 0.15) is 11.5 Å². The fourth-order valence-corrected chi connectivity index (χ4v) is 3.98. The van der Waals surface area contributed by atoms with Gasteiger partial charge in [0.25, 0.3) is 17.2 Å². The number of nitro benzene ring substituents is 1. The maximum absolute atomic E-state index is 12.9. The normalized spacial score (nSPS) is 14.4. The number of benzene rings is 2. The molecule has 2 aromatic carbocycles. The first-order valence-electron chi connectivity index (χ1n) is 11.1. The Morgan fingerprint density at radius 1 is 1.15 bits per heavy atom. The van der Waals surface area contributed by atoms with Gasteiger partial charge in [0, 0.05) is 19.0 Å². The molecule has 0 radical (unpaired) electrons. The van der Waals surface area contributed by atoms with E-state index in [9.17, 15) is 24.5 Å². The molecule has 1 atom stereocenters. The second-order valence-electron chi connectivity index (χ2n) is 8.19. The summed E-state index contributed by atoms with van der Waals surface area (Å²) >= 11 is 0. The van der Waals surface area contributed by atoms with Gasteiger partial charge in [-0.2, -0.15) is 0 Å². The lowest BCUT2D eigenvalue weighted by Crippen LogP contribution is -2.30. The molecule has 0 aliphatic carbocycles. The maximum Gasteiger partial charge on any atom is 0.338 e. The van der Waals surface area contributed by atoms with Crippen LogP contribution in [0.5, 0.6) is 0 Å². The van der Waals surface area contributed by atoms with Crippen molar-refractivity contribution in [1.29, 1.82) is 0 Å². The number of ether oxygens (including phenoxy) is 1. The number of amides is 1. The number of aryl methyl sites for hydroxylation is 1. The third-order valence-corrected chi connectivity index (χ3v) is 5.81. The first-order chi connectivity index (χ1) is 16.3. The summed E-state index contributed by atoms with van der Waals surface area (Å²) in [5, 5.41) is 14.0. The lowest BCUT2D eigenvalue weighted by atomic mass is 10.1. The maximum atomic E-state index is 12.9. The summed E-state index contributed by atoms with van der Waals surface area (Å²) < 4.78 is 6.98. The average molecular weight is 464 g/mol. The van der Waals surface area contributed by atoms with E-state index in [1.54, 1.807) is 16.7 Å². The molecular weight excluding hydrogens is 440 g/mol. The molecule has 10 heteroatoms. The van der Waals surface area contributed by atoms with Crippen LogP contribution in [0.1, 0.15) is 48.8 Å². The van der Waals surface area contributed by atoms with Crippen molar-refractivity contribution in [3.63, 3.8) is 0 Å². The summed E-state index contributed by atoms with van der Waals surface area (Å²) in [7, 11) is 0. The zero-order chi connectivity index (χ0) is 24.2. The number of nitrogens with zero attached hydrogens (tertiary/aromatic N) is 3. The van der Waals surface area contributed by atoms with Crippen molar-refractivity contribution < 1.29 is 19.2 Å². The van der Waals surface area contributed by atoms with Gasteiger partial charge >= 0.3 is 5.97 Å². The Hall–Kier alpha value is -4.08. The van der Waals surface area contributed by atoms with Crippen LogP contribution in [-0.4, -0.2) is 32.5 Å². The molecular formula is C24H24N4O6. The molecule has 0 saturated heterocycles. The number of esters is 1. The summed E-state index contributed by atoms with van der Waals surface area (Å²) in [5.74, 6) is -0.762. The molecule has 1 aliphatic rings. The van der Waals surface area contributed by atoms with Crippen molar-refractivity contribution >= 4 is 34.2 Å². The van der Waals surface area contributed by atoms with Gasteiger partial charge in [0.05, 0.1) is 21.4 Å². The number of nitrogens with one attached hydrogen (secondary N) is 1. The van der Waals surface area contributed by atoms with Crippen LogP contribution in [0.25, 0.3) is 10.9 Å². The number of nitro groups is 1. The molecule has 0 saturated carbocycles. The lowest BCUT2D eigenvalue weighted by Gasteiger charge is -2.17. The Morgan fingerprint density at radius 2 is 1.91 bits per heavy atom. The molecule has 1 unspecified atom stereocenters. The minimum absolute atomic E-state index is 0.00673. The number of carbonyl (C=O) groups is 2. The molecule has 176 valence electrons. The van der Waals surface area contributed by atoms with Gasteiger partial charge in [-0.3, -0.25) is 24.3 Å². The van der Waals surface area contributed by atoms with Gasteiger partial charge in [-0.05, 0) is 44.0 Å². The van der Waals surface area contributed by atoms with E-state index >= 15 is 0 Å². The third kappa shape index (κ3) is 4.80. The number of fused-ring (bicyclic) bond motifs is 2. The molecule has 1 aliphatic heterocycles. The molecule has 1 aromatic heterocycles. The predicted octanol–water partition coefficient (Wildman–Crippen LogP) is 3.61. The van der Waals surface area contributed by atoms with Crippen molar-refractivity contribution in [2.24, 2.45) is 0 Å². The van der Waals surface area contributed by atoms with Crippen molar-refractivity contribution in [3.8, 4) is 0 Å². The summed E-state index contributed by atoms with van der Waals surface area (Å²) in [4.78, 5) is 53.2. The molecule has 3 aromatic rings. The van der Waals surface area contributed by atoms with Crippen LogP contribution in [0.3, 0.4) is 0 Å². The highest BCUT2D eigenvalue weighted by atomic mass is 16.6. The van der Waals surface area contributed by atoms with E-state index < -0.39 is 22.9 Å². The molecule has 2 heterocycles. The van der Waals surface area contributed by atoms with E-state index in [2.05, 4.69) is 10.3 Å². The number of para-hydroxylation sites is 2. The number of aromatic nitrogens is 2. The highest BCUT2D eigenvalue weighted by molar-refractivity contribution is 5.99. The summed E-state index contributed by atoms with van der Waals surface area (Å²) in [6.07, 6.45) is 3.53. The van der Waals surface area contributed by atoms with E-state index in [1.165, 1.54) is 37.3 Å². The molecule has 10 nitrogen and oxygen atoms in total. The Labute approximate surface area is 194 Å². The van der Waals surface area contributed by atoms with Gasteiger partial charge in [-0.1, -0.05) is 25.0 Å². The Balaban J connectivity index is 1.52. The third-order valence-electron chi connectivity index (χ3n) is 5.81. The fraction of sp³-hybridized carbons (Fsp3) is 0.333. The van der Waals surface area contributed by atoms with Gasteiger partial charge < -0.3 is 10.1 Å². The smallest absolute Gasteiger partial charge is 0.338 e. The quantitative estimate of drug-likeness (QED) is 0.346. The Morgan fingerprint density at radius 3 is 2.71 bits per heavy atom. The van der Waals surface area contributed by atoms with E-state index in [4.69, 9.17) is 4.74 Å². The first kappa shape index (κ1) is 23.1. The van der Waals surface area contributed by atoms with Crippen LogP contribution < -0.4 is 10.9 Å². The summed E-state index contributed by atoms with van der Waals surface area (Å²) in [6, 6.07) is 10.2. The molecule has 0 bridgehead atoms. The van der Waals surface area contributed by atoms with Crippen molar-refractivity contribution in [2.45, 2.75) is 51.7 Å². The van der Waals surface area contributed by atoms with Crippen molar-refractivity contribution in [3.05, 3.63) is 74.3 Å². The number of rotatable bonds is 5. The monoisotopic (exact) mass is 464 g/mol. The summed E-state index contributed by atoms with van der Waals surface area (Å²) in [5.41, 5.74) is 0.172. The fourth-order valence-electron chi connectivity index (χ4n) is 3.98. The molecule has 1 amide bonds. The predicted molar refractivity (Wildman–Crippen MR) is 125 cm³/mol. The first-order valence-corrected chi connectivity index (χ1v) is 11.1. The number of carbonyl (C=O) groups excluding carboxylic acids is 2. The van der Waals surface area contributed by atoms with Gasteiger partial charge in [-0.15, -0.1) is 0 Å². The Kier molecular flexibility index (Phi) is 6.67. The summed E-state index contributed by atoms with van der Waals surface area (Å²) in [6.45, 7) is 2.00. The average Bonchev–Trinajstić information content (AvgIpc) is 2.80. The largest absolute Gasteiger partial charge is 0.449 e.